The average Bonchev–Trinajstić information content (AvgIpc) is 2.70. The van der Waals surface area contributed by atoms with Gasteiger partial charge in [0.05, 0.1) is 5.01 Å². The molecule has 15 heavy (non-hydrogen) atoms. The molecule has 84 valence electrons. The third-order valence-electron chi connectivity index (χ3n) is 3.76. The van der Waals surface area contributed by atoms with Crippen molar-refractivity contribution in [3.05, 3.63) is 16.6 Å². The van der Waals surface area contributed by atoms with Gasteiger partial charge in [-0.3, -0.25) is 0 Å². The molecule has 1 fully saturated rings. The van der Waals surface area contributed by atoms with Crippen molar-refractivity contribution >= 4 is 11.3 Å². The van der Waals surface area contributed by atoms with E-state index >= 15 is 0 Å². The van der Waals surface area contributed by atoms with E-state index in [4.69, 9.17) is 0 Å². The fourth-order valence-corrected chi connectivity index (χ4v) is 3.51. The molecule has 1 heterocycles. The standard InChI is InChI=1S/C12H20N2S/c1-12(2)5-4-9(13-3)8-10(12)11-14-6-7-15-11/h6-7,9-10,13H,4-5,8H2,1-3H3. The van der Waals surface area contributed by atoms with Crippen LogP contribution in [0.25, 0.3) is 0 Å². The molecule has 0 bridgehead atoms. The van der Waals surface area contributed by atoms with Crippen LogP contribution in [0.3, 0.4) is 0 Å². The summed E-state index contributed by atoms with van der Waals surface area (Å²) in [5, 5.41) is 6.82. The van der Waals surface area contributed by atoms with Crippen LogP contribution in [-0.2, 0) is 0 Å². The van der Waals surface area contributed by atoms with Crippen LogP contribution >= 0.6 is 11.3 Å². The lowest BCUT2D eigenvalue weighted by molar-refractivity contribution is 0.171. The molecular formula is C12H20N2S. The van der Waals surface area contributed by atoms with Crippen LogP contribution in [0.2, 0.25) is 0 Å². The lowest BCUT2D eigenvalue weighted by Crippen LogP contribution is -2.38. The van der Waals surface area contributed by atoms with Crippen molar-refractivity contribution < 1.29 is 0 Å². The lowest BCUT2D eigenvalue weighted by atomic mass is 9.67. The van der Waals surface area contributed by atoms with Crippen molar-refractivity contribution in [1.82, 2.24) is 10.3 Å². The Morgan fingerprint density at radius 1 is 1.53 bits per heavy atom. The second-order valence-electron chi connectivity index (χ2n) is 5.17. The van der Waals surface area contributed by atoms with Gasteiger partial charge in [0.25, 0.3) is 0 Å². The third kappa shape index (κ3) is 2.23. The smallest absolute Gasteiger partial charge is 0.0961 e. The van der Waals surface area contributed by atoms with Gasteiger partial charge in [-0.25, -0.2) is 4.98 Å². The van der Waals surface area contributed by atoms with Gasteiger partial charge >= 0.3 is 0 Å². The van der Waals surface area contributed by atoms with E-state index in [1.54, 1.807) is 11.3 Å². The highest BCUT2D eigenvalue weighted by Gasteiger charge is 2.38. The molecule has 0 spiro atoms. The van der Waals surface area contributed by atoms with Crippen LogP contribution in [0.4, 0.5) is 0 Å². The van der Waals surface area contributed by atoms with E-state index in [0.29, 0.717) is 17.4 Å². The van der Waals surface area contributed by atoms with E-state index in [2.05, 4.69) is 36.6 Å². The molecule has 1 N–H and O–H groups in total. The SMILES string of the molecule is CNC1CCC(C)(C)C(c2nccs2)C1. The summed E-state index contributed by atoms with van der Waals surface area (Å²) in [6, 6.07) is 0.673. The van der Waals surface area contributed by atoms with Gasteiger partial charge in [-0.15, -0.1) is 11.3 Å². The predicted octanol–water partition coefficient (Wildman–Crippen LogP) is 3.02. The maximum absolute atomic E-state index is 4.50. The summed E-state index contributed by atoms with van der Waals surface area (Å²) in [4.78, 5) is 4.50. The van der Waals surface area contributed by atoms with Crippen molar-refractivity contribution in [2.75, 3.05) is 7.05 Å². The maximum atomic E-state index is 4.50. The first kappa shape index (κ1) is 11.1. The number of nitrogens with one attached hydrogen (secondary N) is 1. The van der Waals surface area contributed by atoms with E-state index in [0.717, 1.165) is 0 Å². The van der Waals surface area contributed by atoms with Crippen LogP contribution in [0.5, 0.6) is 0 Å². The van der Waals surface area contributed by atoms with Crippen molar-refractivity contribution in [2.45, 2.75) is 45.1 Å². The van der Waals surface area contributed by atoms with Gasteiger partial charge in [0, 0.05) is 23.5 Å². The number of hydrogen-bond acceptors (Lipinski definition) is 3. The zero-order chi connectivity index (χ0) is 10.9. The van der Waals surface area contributed by atoms with Crippen molar-refractivity contribution in [1.29, 1.82) is 0 Å². The second kappa shape index (κ2) is 4.22. The quantitative estimate of drug-likeness (QED) is 0.835. The molecule has 2 rings (SSSR count). The highest BCUT2D eigenvalue weighted by molar-refractivity contribution is 7.09. The van der Waals surface area contributed by atoms with Crippen molar-refractivity contribution in [3.8, 4) is 0 Å². The first-order chi connectivity index (χ1) is 7.13. The Kier molecular flexibility index (Phi) is 3.12. The molecule has 0 amide bonds. The normalized spacial score (nSPS) is 30.3. The number of aromatic nitrogens is 1. The van der Waals surface area contributed by atoms with E-state index < -0.39 is 0 Å². The zero-order valence-corrected chi connectivity index (χ0v) is 10.6. The zero-order valence-electron chi connectivity index (χ0n) is 9.79. The molecule has 0 aromatic carbocycles. The summed E-state index contributed by atoms with van der Waals surface area (Å²) in [5.41, 5.74) is 0.408. The summed E-state index contributed by atoms with van der Waals surface area (Å²) < 4.78 is 0. The fourth-order valence-electron chi connectivity index (χ4n) is 2.55. The minimum Gasteiger partial charge on any atom is -0.317 e. The van der Waals surface area contributed by atoms with Gasteiger partial charge < -0.3 is 5.32 Å². The third-order valence-corrected chi connectivity index (χ3v) is 4.65. The Morgan fingerprint density at radius 2 is 2.33 bits per heavy atom. The summed E-state index contributed by atoms with van der Waals surface area (Å²) in [5.74, 6) is 0.628. The minimum absolute atomic E-state index is 0.408. The summed E-state index contributed by atoms with van der Waals surface area (Å²) in [6.45, 7) is 4.76. The van der Waals surface area contributed by atoms with Gasteiger partial charge in [-0.05, 0) is 31.7 Å². The van der Waals surface area contributed by atoms with Crippen LogP contribution < -0.4 is 5.32 Å². The van der Waals surface area contributed by atoms with Crippen LogP contribution in [0, 0.1) is 5.41 Å². The Labute approximate surface area is 96.1 Å². The van der Waals surface area contributed by atoms with Crippen LogP contribution in [-0.4, -0.2) is 18.1 Å². The molecule has 0 aliphatic heterocycles. The van der Waals surface area contributed by atoms with Gasteiger partial charge in [0.1, 0.15) is 0 Å². The number of nitrogens with zero attached hydrogens (tertiary/aromatic N) is 1. The molecular weight excluding hydrogens is 204 g/mol. The molecule has 1 aliphatic carbocycles. The van der Waals surface area contributed by atoms with E-state index in [1.165, 1.54) is 24.3 Å². The van der Waals surface area contributed by atoms with Crippen LogP contribution in [0.1, 0.15) is 44.0 Å². The number of thiazole rings is 1. The minimum atomic E-state index is 0.408. The van der Waals surface area contributed by atoms with E-state index in [9.17, 15) is 0 Å². The fraction of sp³-hybridized carbons (Fsp3) is 0.750. The van der Waals surface area contributed by atoms with Gasteiger partial charge in [0.15, 0.2) is 0 Å². The Balaban J connectivity index is 2.19. The largest absolute Gasteiger partial charge is 0.317 e. The number of hydrogen-bond donors (Lipinski definition) is 1. The Morgan fingerprint density at radius 3 is 2.93 bits per heavy atom. The molecule has 1 aromatic heterocycles. The lowest BCUT2D eigenvalue weighted by Gasteiger charge is -2.41. The molecule has 2 unspecified atom stereocenters. The van der Waals surface area contributed by atoms with Gasteiger partial charge in [-0.2, -0.15) is 0 Å². The molecule has 1 aromatic rings. The first-order valence-corrected chi connectivity index (χ1v) is 6.58. The maximum Gasteiger partial charge on any atom is 0.0961 e. The second-order valence-corrected chi connectivity index (χ2v) is 6.10. The molecule has 2 atom stereocenters. The van der Waals surface area contributed by atoms with E-state index in [1.807, 2.05) is 6.20 Å². The van der Waals surface area contributed by atoms with Gasteiger partial charge in [-0.1, -0.05) is 13.8 Å². The molecule has 1 saturated carbocycles. The van der Waals surface area contributed by atoms with E-state index in [-0.39, 0.29) is 0 Å². The molecule has 2 nitrogen and oxygen atoms in total. The topological polar surface area (TPSA) is 24.9 Å². The summed E-state index contributed by atoms with van der Waals surface area (Å²) >= 11 is 1.81. The highest BCUT2D eigenvalue weighted by Crippen LogP contribution is 2.47. The molecule has 0 radical (unpaired) electrons. The van der Waals surface area contributed by atoms with Crippen LogP contribution in [0.15, 0.2) is 11.6 Å². The van der Waals surface area contributed by atoms with Gasteiger partial charge in [0.2, 0.25) is 0 Å². The molecule has 3 heteroatoms. The average molecular weight is 224 g/mol. The Hall–Kier alpha value is -0.410. The van der Waals surface area contributed by atoms with Crippen molar-refractivity contribution in [2.24, 2.45) is 5.41 Å². The molecule has 0 saturated heterocycles. The first-order valence-electron chi connectivity index (χ1n) is 5.70. The monoisotopic (exact) mass is 224 g/mol. The highest BCUT2D eigenvalue weighted by atomic mass is 32.1. The Bertz CT molecular complexity index is 305. The summed E-state index contributed by atoms with van der Waals surface area (Å²) in [6.07, 6.45) is 5.75. The molecule has 1 aliphatic rings. The predicted molar refractivity (Wildman–Crippen MR) is 65.3 cm³/mol. The van der Waals surface area contributed by atoms with Crippen molar-refractivity contribution in [3.63, 3.8) is 0 Å². The number of rotatable bonds is 2. The summed E-state index contributed by atoms with van der Waals surface area (Å²) in [7, 11) is 2.07.